The SMILES string of the molecule is CC.CC.CCC1COc2ccccc2C1.OCC1COc2ccccc2O1. The van der Waals surface area contributed by atoms with Crippen molar-refractivity contribution in [2.75, 3.05) is 19.8 Å². The summed E-state index contributed by atoms with van der Waals surface area (Å²) in [6.07, 6.45) is 2.18. The summed E-state index contributed by atoms with van der Waals surface area (Å²) in [4.78, 5) is 0. The van der Waals surface area contributed by atoms with Gasteiger partial charge in [-0.15, -0.1) is 0 Å². The van der Waals surface area contributed by atoms with Crippen molar-refractivity contribution < 1.29 is 19.3 Å². The lowest BCUT2D eigenvalue weighted by Gasteiger charge is -2.24. The van der Waals surface area contributed by atoms with Gasteiger partial charge in [-0.05, 0) is 42.5 Å². The summed E-state index contributed by atoms with van der Waals surface area (Å²) in [5.74, 6) is 3.27. The van der Waals surface area contributed by atoms with E-state index in [1.54, 1.807) is 0 Å². The standard InChI is InChI=1S/C11H14O.C9H10O3.2C2H6/c1-2-9-7-10-5-3-4-6-11(10)12-8-9;10-5-7-6-11-8-3-1-2-4-9(8)12-7;2*1-2/h3-6,9H,2,7-8H2,1H3;1-4,7,10H,5-6H2;2*1-2H3. The van der Waals surface area contributed by atoms with Crippen LogP contribution in [0.3, 0.4) is 0 Å². The Kier molecular flexibility index (Phi) is 11.8. The van der Waals surface area contributed by atoms with Crippen LogP contribution in [0.4, 0.5) is 0 Å². The number of benzene rings is 2. The van der Waals surface area contributed by atoms with Gasteiger partial charge < -0.3 is 19.3 Å². The van der Waals surface area contributed by atoms with Gasteiger partial charge in [0.1, 0.15) is 12.4 Å². The van der Waals surface area contributed by atoms with Gasteiger partial charge in [0.25, 0.3) is 0 Å². The summed E-state index contributed by atoms with van der Waals surface area (Å²) >= 11 is 0. The molecule has 0 aliphatic carbocycles. The normalized spacial score (nSPS) is 18.4. The van der Waals surface area contributed by atoms with Gasteiger partial charge in [0.2, 0.25) is 0 Å². The first kappa shape index (κ1) is 23.8. The summed E-state index contributed by atoms with van der Waals surface area (Å²) in [5, 5.41) is 8.81. The van der Waals surface area contributed by atoms with Crippen molar-refractivity contribution in [3.63, 3.8) is 0 Å². The Morgan fingerprint density at radius 3 is 2.04 bits per heavy atom. The van der Waals surface area contributed by atoms with Crippen molar-refractivity contribution in [1.82, 2.24) is 0 Å². The third kappa shape index (κ3) is 7.08. The molecule has 4 nitrogen and oxygen atoms in total. The van der Waals surface area contributed by atoms with Crippen molar-refractivity contribution in [3.8, 4) is 17.2 Å². The lowest BCUT2D eigenvalue weighted by Crippen LogP contribution is -2.32. The average molecular weight is 389 g/mol. The lowest BCUT2D eigenvalue weighted by molar-refractivity contribution is 0.0456. The molecule has 4 rings (SSSR count). The number of hydrogen-bond donors (Lipinski definition) is 1. The Balaban J connectivity index is 0.000000238. The predicted octanol–water partition coefficient (Wildman–Crippen LogP) is 5.52. The van der Waals surface area contributed by atoms with E-state index in [0.29, 0.717) is 12.4 Å². The molecule has 2 atom stereocenters. The maximum absolute atomic E-state index is 8.81. The molecule has 4 heteroatoms. The lowest BCUT2D eigenvalue weighted by atomic mass is 9.95. The van der Waals surface area contributed by atoms with Crippen LogP contribution in [0.1, 0.15) is 46.6 Å². The summed E-state index contributed by atoms with van der Waals surface area (Å²) in [7, 11) is 0. The molecule has 2 aliphatic heterocycles. The van der Waals surface area contributed by atoms with Crippen LogP contribution in [-0.2, 0) is 6.42 Å². The Labute approximate surface area is 170 Å². The topological polar surface area (TPSA) is 47.9 Å². The summed E-state index contributed by atoms with van der Waals surface area (Å²) in [6.45, 7) is 11.5. The Morgan fingerprint density at radius 2 is 1.39 bits per heavy atom. The van der Waals surface area contributed by atoms with E-state index in [0.717, 1.165) is 24.0 Å². The van der Waals surface area contributed by atoms with Gasteiger partial charge in [0, 0.05) is 0 Å². The number of fused-ring (bicyclic) bond motifs is 2. The van der Waals surface area contributed by atoms with Crippen LogP contribution in [0.25, 0.3) is 0 Å². The van der Waals surface area contributed by atoms with Gasteiger partial charge in [-0.3, -0.25) is 0 Å². The first-order valence-electron chi connectivity index (χ1n) is 10.5. The molecule has 0 radical (unpaired) electrons. The highest BCUT2D eigenvalue weighted by Gasteiger charge is 2.19. The van der Waals surface area contributed by atoms with Crippen LogP contribution in [0.2, 0.25) is 0 Å². The fourth-order valence-corrected chi connectivity index (χ4v) is 2.81. The number of aliphatic hydroxyl groups is 1. The van der Waals surface area contributed by atoms with Gasteiger partial charge >= 0.3 is 0 Å². The van der Waals surface area contributed by atoms with E-state index < -0.39 is 0 Å². The summed E-state index contributed by atoms with van der Waals surface area (Å²) in [5.41, 5.74) is 1.37. The van der Waals surface area contributed by atoms with E-state index >= 15 is 0 Å². The van der Waals surface area contributed by atoms with Crippen molar-refractivity contribution in [2.45, 2.75) is 53.6 Å². The van der Waals surface area contributed by atoms with Crippen LogP contribution in [-0.4, -0.2) is 31.0 Å². The van der Waals surface area contributed by atoms with Crippen LogP contribution in [0.15, 0.2) is 48.5 Å². The zero-order valence-electron chi connectivity index (χ0n) is 18.0. The summed E-state index contributed by atoms with van der Waals surface area (Å²) < 4.78 is 16.4. The molecule has 28 heavy (non-hydrogen) atoms. The second kappa shape index (κ2) is 13.9. The Morgan fingerprint density at radius 1 is 0.821 bits per heavy atom. The molecule has 2 aromatic rings. The van der Waals surface area contributed by atoms with E-state index in [-0.39, 0.29) is 12.7 Å². The maximum Gasteiger partial charge on any atom is 0.161 e. The Bertz CT molecular complexity index is 599. The van der Waals surface area contributed by atoms with E-state index in [1.165, 1.54) is 18.4 Å². The largest absolute Gasteiger partial charge is 0.493 e. The molecule has 0 saturated carbocycles. The number of rotatable bonds is 2. The molecule has 0 saturated heterocycles. The minimum Gasteiger partial charge on any atom is -0.493 e. The quantitative estimate of drug-likeness (QED) is 0.736. The smallest absolute Gasteiger partial charge is 0.161 e. The fourth-order valence-electron chi connectivity index (χ4n) is 2.81. The number of aliphatic hydroxyl groups excluding tert-OH is 1. The first-order chi connectivity index (χ1) is 13.8. The highest BCUT2D eigenvalue weighted by molar-refractivity contribution is 5.40. The van der Waals surface area contributed by atoms with Crippen LogP contribution in [0, 0.1) is 5.92 Å². The van der Waals surface area contributed by atoms with E-state index in [2.05, 4.69) is 25.1 Å². The molecule has 0 aromatic heterocycles. The third-order valence-electron chi connectivity index (χ3n) is 4.30. The molecule has 1 N–H and O–H groups in total. The number of ether oxygens (including phenoxy) is 3. The van der Waals surface area contributed by atoms with Crippen molar-refractivity contribution in [2.24, 2.45) is 5.92 Å². The first-order valence-corrected chi connectivity index (χ1v) is 10.5. The van der Waals surface area contributed by atoms with E-state index in [9.17, 15) is 0 Å². The molecule has 2 aromatic carbocycles. The second-order valence-corrected chi connectivity index (χ2v) is 6.08. The highest BCUT2D eigenvalue weighted by Crippen LogP contribution is 2.30. The predicted molar refractivity (Wildman–Crippen MR) is 116 cm³/mol. The molecule has 0 bridgehead atoms. The maximum atomic E-state index is 8.81. The van der Waals surface area contributed by atoms with Gasteiger partial charge in [0.15, 0.2) is 17.6 Å². The highest BCUT2D eigenvalue weighted by atomic mass is 16.6. The molecule has 2 aliphatic rings. The van der Waals surface area contributed by atoms with Crippen LogP contribution < -0.4 is 14.2 Å². The van der Waals surface area contributed by atoms with Gasteiger partial charge in [-0.1, -0.05) is 65.0 Å². The Hall–Kier alpha value is -2.20. The molecule has 156 valence electrons. The molecule has 2 heterocycles. The van der Waals surface area contributed by atoms with Crippen molar-refractivity contribution in [1.29, 1.82) is 0 Å². The molecular formula is C24H36O4. The van der Waals surface area contributed by atoms with Crippen molar-refractivity contribution in [3.05, 3.63) is 54.1 Å². The number of para-hydroxylation sites is 3. The van der Waals surface area contributed by atoms with Crippen LogP contribution in [0.5, 0.6) is 17.2 Å². The second-order valence-electron chi connectivity index (χ2n) is 6.08. The summed E-state index contributed by atoms with van der Waals surface area (Å²) in [6, 6.07) is 15.8. The van der Waals surface area contributed by atoms with Crippen molar-refractivity contribution >= 4 is 0 Å². The van der Waals surface area contributed by atoms with Gasteiger partial charge in [-0.2, -0.15) is 0 Å². The third-order valence-corrected chi connectivity index (χ3v) is 4.30. The van der Waals surface area contributed by atoms with Gasteiger partial charge in [-0.25, -0.2) is 0 Å². The number of hydrogen-bond acceptors (Lipinski definition) is 4. The minimum atomic E-state index is -0.222. The molecule has 2 unspecified atom stereocenters. The monoisotopic (exact) mass is 388 g/mol. The van der Waals surface area contributed by atoms with E-state index in [4.69, 9.17) is 19.3 Å². The molecule has 0 fully saturated rings. The zero-order chi connectivity index (χ0) is 20.8. The molecule has 0 spiro atoms. The van der Waals surface area contributed by atoms with Gasteiger partial charge in [0.05, 0.1) is 13.2 Å². The minimum absolute atomic E-state index is 0.00562. The fraction of sp³-hybridized carbons (Fsp3) is 0.500. The molecule has 0 amide bonds. The van der Waals surface area contributed by atoms with E-state index in [1.807, 2.05) is 58.0 Å². The molecular weight excluding hydrogens is 352 g/mol. The zero-order valence-corrected chi connectivity index (χ0v) is 18.0. The van der Waals surface area contributed by atoms with Crippen LogP contribution >= 0.6 is 0 Å². The average Bonchev–Trinajstić information content (AvgIpc) is 2.81.